The summed E-state index contributed by atoms with van der Waals surface area (Å²) in [6, 6.07) is 21.0. The maximum atomic E-state index is 10.9. The van der Waals surface area contributed by atoms with Gasteiger partial charge in [0.2, 0.25) is 0 Å². The molecular formula is C25H23Cl3N2O3. The topological polar surface area (TPSA) is 53.0 Å². The van der Waals surface area contributed by atoms with Gasteiger partial charge in [-0.15, -0.1) is 0 Å². The molecular weight excluding hydrogens is 483 g/mol. The maximum Gasteiger partial charge on any atom is 0.341 e. The number of benzene rings is 3. The van der Waals surface area contributed by atoms with Gasteiger partial charge in [-0.05, 0) is 42.0 Å². The minimum Gasteiger partial charge on any atom is -0.482 e. The van der Waals surface area contributed by atoms with Crippen molar-refractivity contribution in [1.82, 2.24) is 4.90 Å². The van der Waals surface area contributed by atoms with Gasteiger partial charge in [-0.2, -0.15) is 0 Å². The summed E-state index contributed by atoms with van der Waals surface area (Å²) in [7, 11) is 0. The van der Waals surface area contributed by atoms with Crippen LogP contribution in [0, 0.1) is 0 Å². The van der Waals surface area contributed by atoms with Crippen LogP contribution in [0.5, 0.6) is 5.75 Å². The molecule has 8 heteroatoms. The van der Waals surface area contributed by atoms with Crippen molar-refractivity contribution in [2.45, 2.75) is 12.6 Å². The molecule has 0 radical (unpaired) electrons. The number of anilines is 1. The van der Waals surface area contributed by atoms with Gasteiger partial charge in [0.1, 0.15) is 5.75 Å². The Bertz CT molecular complexity index is 1120. The zero-order valence-corrected chi connectivity index (χ0v) is 20.0. The van der Waals surface area contributed by atoms with Crippen molar-refractivity contribution in [3.8, 4) is 5.75 Å². The minimum absolute atomic E-state index is 0.0433. The first-order valence-electron chi connectivity index (χ1n) is 10.5. The summed E-state index contributed by atoms with van der Waals surface area (Å²) in [6.45, 7) is 2.58. The van der Waals surface area contributed by atoms with Gasteiger partial charge in [0.15, 0.2) is 6.61 Å². The number of carboxylic acids is 1. The van der Waals surface area contributed by atoms with Gasteiger partial charge in [0.25, 0.3) is 0 Å². The van der Waals surface area contributed by atoms with Crippen molar-refractivity contribution in [3.05, 3.63) is 92.9 Å². The molecule has 1 fully saturated rings. The van der Waals surface area contributed by atoms with E-state index < -0.39 is 5.97 Å². The first-order valence-corrected chi connectivity index (χ1v) is 11.7. The van der Waals surface area contributed by atoms with E-state index in [1.807, 2.05) is 54.6 Å². The molecule has 33 heavy (non-hydrogen) atoms. The lowest BCUT2D eigenvalue weighted by molar-refractivity contribution is -0.139. The third-order valence-electron chi connectivity index (χ3n) is 5.66. The summed E-state index contributed by atoms with van der Waals surface area (Å²) < 4.78 is 5.50. The number of aliphatic carboxylic acids is 1. The van der Waals surface area contributed by atoms with Gasteiger partial charge < -0.3 is 14.7 Å². The van der Waals surface area contributed by atoms with E-state index in [4.69, 9.17) is 44.6 Å². The molecule has 0 saturated carbocycles. The predicted molar refractivity (Wildman–Crippen MR) is 133 cm³/mol. The lowest BCUT2D eigenvalue weighted by Crippen LogP contribution is -2.48. The number of rotatable bonds is 7. The summed E-state index contributed by atoms with van der Waals surface area (Å²) in [6.07, 6.45) is 0. The standard InChI is InChI=1S/C25H23Cl3N2O3/c26-19-7-5-17(6-8-19)23-15-29(11-12-30(23)22-10-9-20(27)13-21(22)28)14-18-3-1-2-4-24(18)33-16-25(31)32/h1-10,13,23H,11-12,14-16H2,(H,31,32). The fourth-order valence-electron chi connectivity index (χ4n) is 4.11. The lowest BCUT2D eigenvalue weighted by Gasteiger charge is -2.43. The molecule has 5 nitrogen and oxygen atoms in total. The number of para-hydroxylation sites is 1. The molecule has 4 rings (SSSR count). The summed E-state index contributed by atoms with van der Waals surface area (Å²) in [5.41, 5.74) is 3.02. The Morgan fingerprint density at radius 3 is 2.42 bits per heavy atom. The highest BCUT2D eigenvalue weighted by atomic mass is 35.5. The Hall–Kier alpha value is -2.44. The molecule has 1 aliphatic heterocycles. The monoisotopic (exact) mass is 504 g/mol. The summed E-state index contributed by atoms with van der Waals surface area (Å²) in [4.78, 5) is 15.6. The summed E-state index contributed by atoms with van der Waals surface area (Å²) in [5.74, 6) is -0.410. The fraction of sp³-hybridized carbons (Fsp3) is 0.240. The second-order valence-electron chi connectivity index (χ2n) is 7.88. The fourth-order valence-corrected chi connectivity index (χ4v) is 4.75. The van der Waals surface area contributed by atoms with Crippen LogP contribution in [0.15, 0.2) is 66.7 Å². The summed E-state index contributed by atoms with van der Waals surface area (Å²) >= 11 is 18.8. The molecule has 172 valence electrons. The number of hydrogen-bond acceptors (Lipinski definition) is 4. The molecule has 1 heterocycles. The highest BCUT2D eigenvalue weighted by molar-refractivity contribution is 6.36. The quantitative estimate of drug-likeness (QED) is 0.416. The van der Waals surface area contributed by atoms with Crippen molar-refractivity contribution in [1.29, 1.82) is 0 Å². The van der Waals surface area contributed by atoms with Crippen molar-refractivity contribution < 1.29 is 14.6 Å². The number of carbonyl (C=O) groups is 1. The normalized spacial score (nSPS) is 16.6. The molecule has 1 N–H and O–H groups in total. The van der Waals surface area contributed by atoms with Crippen molar-refractivity contribution in [2.24, 2.45) is 0 Å². The molecule has 0 spiro atoms. The molecule has 3 aromatic rings. The Labute approximate surface area is 208 Å². The van der Waals surface area contributed by atoms with Crippen LogP contribution < -0.4 is 9.64 Å². The van der Waals surface area contributed by atoms with Gasteiger partial charge in [0.05, 0.1) is 16.8 Å². The van der Waals surface area contributed by atoms with Crippen LogP contribution in [0.3, 0.4) is 0 Å². The van der Waals surface area contributed by atoms with Gasteiger partial charge in [0, 0.05) is 41.8 Å². The van der Waals surface area contributed by atoms with Gasteiger partial charge in [-0.25, -0.2) is 4.79 Å². The molecule has 0 amide bonds. The number of ether oxygens (including phenoxy) is 1. The lowest BCUT2D eigenvalue weighted by atomic mass is 10.0. The van der Waals surface area contributed by atoms with Crippen LogP contribution in [0.2, 0.25) is 15.1 Å². The number of nitrogens with zero attached hydrogens (tertiary/aromatic N) is 2. The number of carboxylic acid groups (broad SMARTS) is 1. The van der Waals surface area contributed by atoms with Crippen LogP contribution in [0.1, 0.15) is 17.2 Å². The summed E-state index contributed by atoms with van der Waals surface area (Å²) in [5, 5.41) is 10.9. The second-order valence-corrected chi connectivity index (χ2v) is 9.16. The number of piperazine rings is 1. The van der Waals surface area contributed by atoms with E-state index in [2.05, 4.69) is 9.80 Å². The number of hydrogen-bond donors (Lipinski definition) is 1. The largest absolute Gasteiger partial charge is 0.482 e. The Kier molecular flexibility index (Phi) is 7.66. The zero-order chi connectivity index (χ0) is 23.4. The SMILES string of the molecule is O=C(O)COc1ccccc1CN1CCN(c2ccc(Cl)cc2Cl)C(c2ccc(Cl)cc2)C1. The Morgan fingerprint density at radius 1 is 0.970 bits per heavy atom. The van der Waals surface area contributed by atoms with E-state index in [1.54, 1.807) is 12.1 Å². The van der Waals surface area contributed by atoms with Crippen molar-refractivity contribution in [2.75, 3.05) is 31.1 Å². The molecule has 1 saturated heterocycles. The Morgan fingerprint density at radius 2 is 1.70 bits per heavy atom. The average molecular weight is 506 g/mol. The van der Waals surface area contributed by atoms with Crippen LogP contribution in [-0.4, -0.2) is 42.2 Å². The molecule has 3 aromatic carbocycles. The van der Waals surface area contributed by atoms with E-state index in [0.717, 1.165) is 36.4 Å². The molecule has 0 aliphatic carbocycles. The molecule has 0 bridgehead atoms. The zero-order valence-electron chi connectivity index (χ0n) is 17.8. The van der Waals surface area contributed by atoms with E-state index in [1.165, 1.54) is 0 Å². The van der Waals surface area contributed by atoms with Crippen LogP contribution >= 0.6 is 34.8 Å². The predicted octanol–water partition coefficient (Wildman–Crippen LogP) is 6.17. The highest BCUT2D eigenvalue weighted by Crippen LogP contribution is 2.37. The van der Waals surface area contributed by atoms with E-state index in [-0.39, 0.29) is 12.6 Å². The van der Waals surface area contributed by atoms with Crippen LogP contribution in [0.4, 0.5) is 5.69 Å². The smallest absolute Gasteiger partial charge is 0.341 e. The van der Waals surface area contributed by atoms with E-state index in [9.17, 15) is 4.79 Å². The van der Waals surface area contributed by atoms with Crippen LogP contribution in [0.25, 0.3) is 0 Å². The number of halogens is 3. The first-order chi connectivity index (χ1) is 15.9. The highest BCUT2D eigenvalue weighted by Gasteiger charge is 2.30. The third-order valence-corrected chi connectivity index (χ3v) is 6.45. The van der Waals surface area contributed by atoms with Gasteiger partial charge in [-0.3, -0.25) is 4.90 Å². The van der Waals surface area contributed by atoms with E-state index >= 15 is 0 Å². The van der Waals surface area contributed by atoms with Crippen molar-refractivity contribution >= 4 is 46.5 Å². The maximum absolute atomic E-state index is 10.9. The van der Waals surface area contributed by atoms with Crippen LogP contribution in [-0.2, 0) is 11.3 Å². The molecule has 0 aromatic heterocycles. The second kappa shape index (κ2) is 10.7. The van der Waals surface area contributed by atoms with Gasteiger partial charge >= 0.3 is 5.97 Å². The third kappa shape index (κ3) is 5.92. The molecule has 1 aliphatic rings. The van der Waals surface area contributed by atoms with Gasteiger partial charge in [-0.1, -0.05) is 65.1 Å². The average Bonchev–Trinajstić information content (AvgIpc) is 2.79. The van der Waals surface area contributed by atoms with E-state index in [0.29, 0.717) is 27.4 Å². The van der Waals surface area contributed by atoms with Crippen molar-refractivity contribution in [3.63, 3.8) is 0 Å². The first kappa shape index (κ1) is 23.7. The molecule has 1 atom stereocenters. The Balaban J connectivity index is 1.59. The molecule has 1 unspecified atom stereocenters. The minimum atomic E-state index is -0.999.